The molecule has 0 bridgehead atoms. The van der Waals surface area contributed by atoms with E-state index in [0.29, 0.717) is 17.1 Å². The predicted octanol–water partition coefficient (Wildman–Crippen LogP) is 4.07. The van der Waals surface area contributed by atoms with Gasteiger partial charge in [-0.2, -0.15) is 10.4 Å². The summed E-state index contributed by atoms with van der Waals surface area (Å²) < 4.78 is 19.4. The number of nitrogens with zero attached hydrogens (tertiary/aromatic N) is 2. The van der Waals surface area contributed by atoms with Gasteiger partial charge in [-0.05, 0) is 42.5 Å². The van der Waals surface area contributed by atoms with Crippen molar-refractivity contribution in [1.29, 1.82) is 5.26 Å². The lowest BCUT2D eigenvalue weighted by Gasteiger charge is -2.02. The molecule has 0 spiro atoms. The van der Waals surface area contributed by atoms with E-state index in [2.05, 4.69) is 10.5 Å². The first-order valence-corrected chi connectivity index (χ1v) is 8.43. The summed E-state index contributed by atoms with van der Waals surface area (Å²) >= 11 is 5.94. The Kier molecular flexibility index (Phi) is 5.71. The van der Waals surface area contributed by atoms with Crippen molar-refractivity contribution < 1.29 is 23.5 Å². The van der Waals surface area contributed by atoms with Crippen molar-refractivity contribution in [3.05, 3.63) is 81.8 Å². The van der Waals surface area contributed by atoms with Gasteiger partial charge in [-0.25, -0.2) is 14.6 Å². The van der Waals surface area contributed by atoms with E-state index in [0.717, 1.165) is 6.07 Å². The molecule has 0 radical (unpaired) electrons. The van der Waals surface area contributed by atoms with E-state index in [-0.39, 0.29) is 21.7 Å². The maximum atomic E-state index is 13.8. The van der Waals surface area contributed by atoms with Crippen LogP contribution in [0.15, 0.2) is 58.0 Å². The van der Waals surface area contributed by atoms with Crippen molar-refractivity contribution >= 4 is 29.7 Å². The number of aromatic carboxylic acids is 1. The zero-order valence-corrected chi connectivity index (χ0v) is 15.3. The van der Waals surface area contributed by atoms with Gasteiger partial charge in [0.05, 0.1) is 34.0 Å². The number of amides is 1. The fourth-order valence-electron chi connectivity index (χ4n) is 2.40. The highest BCUT2D eigenvalue weighted by molar-refractivity contribution is 6.33. The van der Waals surface area contributed by atoms with Crippen molar-refractivity contribution in [2.45, 2.75) is 0 Å². The summed E-state index contributed by atoms with van der Waals surface area (Å²) in [5, 5.41) is 21.5. The Morgan fingerprint density at radius 3 is 2.59 bits per heavy atom. The molecule has 0 atom stereocenters. The quantitative estimate of drug-likeness (QED) is 0.485. The third kappa shape index (κ3) is 4.48. The van der Waals surface area contributed by atoms with Crippen molar-refractivity contribution in [2.24, 2.45) is 5.10 Å². The van der Waals surface area contributed by atoms with Crippen LogP contribution in [0.4, 0.5) is 4.39 Å². The number of carbonyl (C=O) groups is 2. The average molecular weight is 412 g/mol. The Morgan fingerprint density at radius 2 is 1.93 bits per heavy atom. The molecule has 144 valence electrons. The molecule has 1 heterocycles. The third-order valence-corrected chi connectivity index (χ3v) is 4.12. The van der Waals surface area contributed by atoms with Crippen molar-refractivity contribution in [3.8, 4) is 17.4 Å². The first-order chi connectivity index (χ1) is 13.9. The summed E-state index contributed by atoms with van der Waals surface area (Å²) in [5.74, 6) is -2.05. The summed E-state index contributed by atoms with van der Waals surface area (Å²) in [6.45, 7) is 0. The highest BCUT2D eigenvalue weighted by Gasteiger charge is 2.13. The van der Waals surface area contributed by atoms with Gasteiger partial charge in [-0.15, -0.1) is 0 Å². The van der Waals surface area contributed by atoms with E-state index >= 15 is 0 Å². The van der Waals surface area contributed by atoms with Gasteiger partial charge < -0.3 is 9.52 Å². The molecule has 0 aliphatic carbocycles. The predicted molar refractivity (Wildman–Crippen MR) is 102 cm³/mol. The second-order valence-corrected chi connectivity index (χ2v) is 6.11. The molecule has 2 aromatic carbocycles. The molecule has 0 fully saturated rings. The van der Waals surface area contributed by atoms with E-state index in [1.807, 2.05) is 0 Å². The SMILES string of the molecule is N#Cc1ccc(C(=O)N/N=C\c2ccc(-c3ccc(C(=O)O)c(Cl)c3)o2)c(F)c1. The van der Waals surface area contributed by atoms with Crippen molar-refractivity contribution in [1.82, 2.24) is 5.43 Å². The molecule has 3 aromatic rings. The Hall–Kier alpha value is -3.96. The van der Waals surface area contributed by atoms with Gasteiger partial charge in [-0.3, -0.25) is 4.79 Å². The zero-order valence-electron chi connectivity index (χ0n) is 14.5. The molecule has 0 saturated heterocycles. The molecule has 0 saturated carbocycles. The fourth-order valence-corrected chi connectivity index (χ4v) is 2.66. The van der Waals surface area contributed by atoms with Gasteiger partial charge in [0.15, 0.2) is 0 Å². The summed E-state index contributed by atoms with van der Waals surface area (Å²) in [6.07, 6.45) is 1.22. The van der Waals surface area contributed by atoms with Crippen LogP contribution in [0.2, 0.25) is 5.02 Å². The standard InChI is InChI=1S/C20H11ClFN3O4/c21-16-8-12(2-5-14(16)20(27)28)18-6-3-13(29-18)10-24-25-19(26)15-4-1-11(9-23)7-17(15)22/h1-8,10H,(H,25,26)(H,27,28)/b24-10-. The van der Waals surface area contributed by atoms with Crippen LogP contribution in [0, 0.1) is 17.1 Å². The Morgan fingerprint density at radius 1 is 1.17 bits per heavy atom. The van der Waals surface area contributed by atoms with Crippen LogP contribution >= 0.6 is 11.6 Å². The molecular weight excluding hydrogens is 401 g/mol. The molecule has 9 heteroatoms. The van der Waals surface area contributed by atoms with Crippen LogP contribution < -0.4 is 5.43 Å². The molecule has 3 rings (SSSR count). The summed E-state index contributed by atoms with van der Waals surface area (Å²) in [7, 11) is 0. The number of carbonyl (C=O) groups excluding carboxylic acids is 1. The first kappa shape index (κ1) is 19.8. The van der Waals surface area contributed by atoms with Gasteiger partial charge in [0.1, 0.15) is 17.3 Å². The zero-order chi connectivity index (χ0) is 21.0. The summed E-state index contributed by atoms with van der Waals surface area (Å²) in [4.78, 5) is 23.0. The topological polar surface area (TPSA) is 116 Å². The largest absolute Gasteiger partial charge is 0.478 e. The number of halogens is 2. The normalized spacial score (nSPS) is 10.7. The molecule has 0 aliphatic rings. The van der Waals surface area contributed by atoms with Crippen LogP contribution in [0.5, 0.6) is 0 Å². The minimum atomic E-state index is -1.14. The second-order valence-electron chi connectivity index (χ2n) is 5.71. The van der Waals surface area contributed by atoms with Crippen molar-refractivity contribution in [3.63, 3.8) is 0 Å². The number of carboxylic acids is 1. The number of nitrogens with one attached hydrogen (secondary N) is 1. The highest BCUT2D eigenvalue weighted by Crippen LogP contribution is 2.27. The molecule has 0 unspecified atom stereocenters. The van der Waals surface area contributed by atoms with E-state index < -0.39 is 17.7 Å². The maximum absolute atomic E-state index is 13.8. The Balaban J connectivity index is 1.69. The van der Waals surface area contributed by atoms with Crippen LogP contribution in [0.3, 0.4) is 0 Å². The molecule has 1 amide bonds. The van der Waals surface area contributed by atoms with Gasteiger partial charge >= 0.3 is 5.97 Å². The third-order valence-electron chi connectivity index (χ3n) is 3.81. The van der Waals surface area contributed by atoms with Gasteiger partial charge in [-0.1, -0.05) is 17.7 Å². The molecule has 29 heavy (non-hydrogen) atoms. The lowest BCUT2D eigenvalue weighted by molar-refractivity contribution is 0.0696. The second kappa shape index (κ2) is 8.37. The number of furan rings is 1. The number of hydrogen-bond donors (Lipinski definition) is 2. The molecule has 2 N–H and O–H groups in total. The van der Waals surface area contributed by atoms with Gasteiger partial charge in [0.25, 0.3) is 5.91 Å². The molecule has 0 aliphatic heterocycles. The number of benzene rings is 2. The van der Waals surface area contributed by atoms with Crippen LogP contribution in [-0.4, -0.2) is 23.2 Å². The van der Waals surface area contributed by atoms with Crippen LogP contribution in [-0.2, 0) is 0 Å². The minimum absolute atomic E-state index is 0.0264. The van der Waals surface area contributed by atoms with E-state index in [1.165, 1.54) is 30.5 Å². The number of nitriles is 1. The van der Waals surface area contributed by atoms with E-state index in [1.54, 1.807) is 24.3 Å². The minimum Gasteiger partial charge on any atom is -0.478 e. The van der Waals surface area contributed by atoms with E-state index in [4.69, 9.17) is 26.4 Å². The fraction of sp³-hybridized carbons (Fsp3) is 0. The maximum Gasteiger partial charge on any atom is 0.337 e. The highest BCUT2D eigenvalue weighted by atomic mass is 35.5. The van der Waals surface area contributed by atoms with Crippen LogP contribution in [0.1, 0.15) is 32.0 Å². The first-order valence-electron chi connectivity index (χ1n) is 8.05. The Bertz CT molecular complexity index is 1180. The van der Waals surface area contributed by atoms with Gasteiger partial charge in [0, 0.05) is 5.56 Å². The monoisotopic (exact) mass is 411 g/mol. The number of hydrogen-bond acceptors (Lipinski definition) is 5. The number of rotatable bonds is 5. The van der Waals surface area contributed by atoms with E-state index in [9.17, 15) is 14.0 Å². The van der Waals surface area contributed by atoms with Crippen molar-refractivity contribution in [2.75, 3.05) is 0 Å². The lowest BCUT2D eigenvalue weighted by Crippen LogP contribution is -2.19. The molecule has 1 aromatic heterocycles. The molecular formula is C20H11ClFN3O4. The molecule has 7 nitrogen and oxygen atoms in total. The van der Waals surface area contributed by atoms with Crippen LogP contribution in [0.25, 0.3) is 11.3 Å². The van der Waals surface area contributed by atoms with Gasteiger partial charge in [0.2, 0.25) is 0 Å². The smallest absolute Gasteiger partial charge is 0.337 e. The summed E-state index contributed by atoms with van der Waals surface area (Å²) in [5.41, 5.74) is 2.54. The average Bonchev–Trinajstić information content (AvgIpc) is 3.16. The lowest BCUT2D eigenvalue weighted by atomic mass is 10.1. The number of hydrazone groups is 1. The Labute approximate surface area is 168 Å². The summed E-state index contributed by atoms with van der Waals surface area (Å²) in [6, 6.07) is 12.8. The number of carboxylic acid groups (broad SMARTS) is 1.